The number of nitrogens with zero attached hydrogens (tertiary/aromatic N) is 1. The topological polar surface area (TPSA) is 54.9 Å². The standard InChI is InChI=1S/C14H18BrN3O2.HI/c1-2-16-14(18-10-3-4-10)17-7-9-5-11(15)13-12(6-9)19-8-20-13;/h5-6,10H,2-4,7-8H2,1H3,(H2,16,17,18);1H. The van der Waals surface area contributed by atoms with Gasteiger partial charge in [-0.2, -0.15) is 0 Å². The maximum absolute atomic E-state index is 5.42. The molecule has 0 spiro atoms. The third-order valence-corrected chi connectivity index (χ3v) is 3.76. The fourth-order valence-corrected chi connectivity index (χ4v) is 2.63. The summed E-state index contributed by atoms with van der Waals surface area (Å²) < 4.78 is 11.7. The molecule has 0 atom stereocenters. The second-order valence-corrected chi connectivity index (χ2v) is 5.78. The SMILES string of the molecule is CCNC(=NCc1cc(Br)c2c(c1)OCO2)NC1CC1.I. The lowest BCUT2D eigenvalue weighted by Crippen LogP contribution is -2.38. The summed E-state index contributed by atoms with van der Waals surface area (Å²) in [6.07, 6.45) is 2.47. The van der Waals surface area contributed by atoms with Crippen molar-refractivity contribution in [1.29, 1.82) is 0 Å². The summed E-state index contributed by atoms with van der Waals surface area (Å²) in [4.78, 5) is 4.61. The lowest BCUT2D eigenvalue weighted by Gasteiger charge is -2.10. The van der Waals surface area contributed by atoms with Gasteiger partial charge in [0.25, 0.3) is 0 Å². The van der Waals surface area contributed by atoms with Crippen LogP contribution in [0.3, 0.4) is 0 Å². The van der Waals surface area contributed by atoms with Crippen LogP contribution in [0, 0.1) is 0 Å². The predicted octanol–water partition coefficient (Wildman–Crippen LogP) is 3.01. The molecule has 1 aromatic carbocycles. The average molecular weight is 468 g/mol. The summed E-state index contributed by atoms with van der Waals surface area (Å²) in [6, 6.07) is 4.60. The van der Waals surface area contributed by atoms with Crippen LogP contribution in [0.2, 0.25) is 0 Å². The Hall–Kier alpha value is -0.700. The Bertz CT molecular complexity index is 535. The molecule has 0 saturated heterocycles. The van der Waals surface area contributed by atoms with Gasteiger partial charge in [0.05, 0.1) is 11.0 Å². The summed E-state index contributed by atoms with van der Waals surface area (Å²) in [5.74, 6) is 2.44. The van der Waals surface area contributed by atoms with E-state index in [-0.39, 0.29) is 30.8 Å². The van der Waals surface area contributed by atoms with Crippen molar-refractivity contribution in [3.05, 3.63) is 22.2 Å². The Morgan fingerprint density at radius 2 is 2.19 bits per heavy atom. The number of hydrogen-bond acceptors (Lipinski definition) is 3. The van der Waals surface area contributed by atoms with Crippen molar-refractivity contribution in [3.8, 4) is 11.5 Å². The van der Waals surface area contributed by atoms with E-state index >= 15 is 0 Å². The molecular formula is C14H19BrIN3O2. The molecule has 0 unspecified atom stereocenters. The smallest absolute Gasteiger partial charge is 0.231 e. The molecule has 116 valence electrons. The van der Waals surface area contributed by atoms with E-state index in [9.17, 15) is 0 Å². The number of rotatable bonds is 4. The van der Waals surface area contributed by atoms with Gasteiger partial charge in [-0.25, -0.2) is 4.99 Å². The van der Waals surface area contributed by atoms with Crippen LogP contribution >= 0.6 is 39.9 Å². The van der Waals surface area contributed by atoms with Crippen LogP contribution in [0.1, 0.15) is 25.3 Å². The van der Waals surface area contributed by atoms with Crippen LogP contribution < -0.4 is 20.1 Å². The predicted molar refractivity (Wildman–Crippen MR) is 96.7 cm³/mol. The summed E-state index contributed by atoms with van der Waals surface area (Å²) in [7, 11) is 0. The number of nitrogens with one attached hydrogen (secondary N) is 2. The van der Waals surface area contributed by atoms with Gasteiger partial charge in [-0.15, -0.1) is 24.0 Å². The number of hydrogen-bond donors (Lipinski definition) is 2. The van der Waals surface area contributed by atoms with E-state index in [1.165, 1.54) is 12.8 Å². The van der Waals surface area contributed by atoms with Gasteiger partial charge >= 0.3 is 0 Å². The number of ether oxygens (including phenoxy) is 2. The molecule has 0 aromatic heterocycles. The molecule has 2 N–H and O–H groups in total. The monoisotopic (exact) mass is 467 g/mol. The average Bonchev–Trinajstić information content (AvgIpc) is 3.11. The Balaban J connectivity index is 0.00000161. The zero-order valence-corrected chi connectivity index (χ0v) is 15.7. The molecule has 5 nitrogen and oxygen atoms in total. The van der Waals surface area contributed by atoms with Crippen molar-refractivity contribution >= 4 is 45.9 Å². The van der Waals surface area contributed by atoms with Crippen LogP contribution in [0.4, 0.5) is 0 Å². The summed E-state index contributed by atoms with van der Waals surface area (Å²) in [5, 5.41) is 6.66. The van der Waals surface area contributed by atoms with Gasteiger partial charge in [0.1, 0.15) is 0 Å². The van der Waals surface area contributed by atoms with Gasteiger partial charge < -0.3 is 20.1 Å². The lowest BCUT2D eigenvalue weighted by molar-refractivity contribution is 0.173. The molecule has 7 heteroatoms. The molecule has 1 aromatic rings. The number of halogens is 2. The minimum absolute atomic E-state index is 0. The molecule has 21 heavy (non-hydrogen) atoms. The molecule has 3 rings (SSSR count). The molecule has 1 fully saturated rings. The zero-order valence-electron chi connectivity index (χ0n) is 11.8. The Morgan fingerprint density at radius 1 is 1.38 bits per heavy atom. The van der Waals surface area contributed by atoms with Gasteiger partial charge in [0.2, 0.25) is 6.79 Å². The molecule has 0 amide bonds. The fraction of sp³-hybridized carbons (Fsp3) is 0.500. The van der Waals surface area contributed by atoms with Gasteiger partial charge in [-0.1, -0.05) is 0 Å². The quantitative estimate of drug-likeness (QED) is 0.406. The minimum atomic E-state index is 0. The molecule has 0 bridgehead atoms. The first-order valence-electron chi connectivity index (χ1n) is 6.89. The third-order valence-electron chi connectivity index (χ3n) is 3.17. The second kappa shape index (κ2) is 7.53. The first-order valence-corrected chi connectivity index (χ1v) is 7.68. The molecule has 1 aliphatic carbocycles. The maximum Gasteiger partial charge on any atom is 0.231 e. The van der Waals surface area contributed by atoms with Crippen molar-refractivity contribution in [1.82, 2.24) is 10.6 Å². The largest absolute Gasteiger partial charge is 0.454 e. The molecule has 0 radical (unpaired) electrons. The van der Waals surface area contributed by atoms with E-state index in [0.29, 0.717) is 12.6 Å². The van der Waals surface area contributed by atoms with Crippen molar-refractivity contribution in [3.63, 3.8) is 0 Å². The highest BCUT2D eigenvalue weighted by Gasteiger charge is 2.22. The molecule has 1 heterocycles. The van der Waals surface area contributed by atoms with Crippen LogP contribution in [0.15, 0.2) is 21.6 Å². The second-order valence-electron chi connectivity index (χ2n) is 4.93. The van der Waals surface area contributed by atoms with Crippen LogP contribution in [0.25, 0.3) is 0 Å². The Labute approximate surface area is 150 Å². The first-order chi connectivity index (χ1) is 9.76. The number of benzene rings is 1. The number of aliphatic imine (C=N–C) groups is 1. The molecule has 1 saturated carbocycles. The van der Waals surface area contributed by atoms with Gasteiger partial charge in [-0.05, 0) is 53.4 Å². The van der Waals surface area contributed by atoms with Crippen molar-refractivity contribution in [2.75, 3.05) is 13.3 Å². The Kier molecular flexibility index (Phi) is 5.98. The van der Waals surface area contributed by atoms with Crippen LogP contribution in [-0.4, -0.2) is 25.3 Å². The summed E-state index contributed by atoms with van der Waals surface area (Å²) in [5.41, 5.74) is 1.09. The normalized spacial score (nSPS) is 16.4. The van der Waals surface area contributed by atoms with Crippen molar-refractivity contribution < 1.29 is 9.47 Å². The Morgan fingerprint density at radius 3 is 2.90 bits per heavy atom. The van der Waals surface area contributed by atoms with Gasteiger partial charge in [-0.3, -0.25) is 0 Å². The van der Waals surface area contributed by atoms with Gasteiger partial charge in [0, 0.05) is 12.6 Å². The molecule has 1 aliphatic heterocycles. The first kappa shape index (κ1) is 16.7. The lowest BCUT2D eigenvalue weighted by atomic mass is 10.2. The molecule has 2 aliphatic rings. The minimum Gasteiger partial charge on any atom is -0.454 e. The highest BCUT2D eigenvalue weighted by Crippen LogP contribution is 2.40. The van der Waals surface area contributed by atoms with E-state index < -0.39 is 0 Å². The van der Waals surface area contributed by atoms with E-state index in [4.69, 9.17) is 9.47 Å². The van der Waals surface area contributed by atoms with Gasteiger partial charge in [0.15, 0.2) is 17.5 Å². The third kappa shape index (κ3) is 4.38. The number of fused-ring (bicyclic) bond motifs is 1. The van der Waals surface area contributed by atoms with E-state index in [1.54, 1.807) is 0 Å². The number of guanidine groups is 1. The van der Waals surface area contributed by atoms with E-state index in [1.807, 2.05) is 12.1 Å². The van der Waals surface area contributed by atoms with Crippen molar-refractivity contribution in [2.45, 2.75) is 32.4 Å². The summed E-state index contributed by atoms with van der Waals surface area (Å²) in [6.45, 7) is 3.83. The van der Waals surface area contributed by atoms with Crippen LogP contribution in [-0.2, 0) is 6.54 Å². The van der Waals surface area contributed by atoms with E-state index in [0.717, 1.165) is 34.0 Å². The zero-order chi connectivity index (χ0) is 13.9. The fourth-order valence-electron chi connectivity index (χ4n) is 2.02. The van der Waals surface area contributed by atoms with Crippen LogP contribution in [0.5, 0.6) is 11.5 Å². The highest BCUT2D eigenvalue weighted by molar-refractivity contribution is 14.0. The maximum atomic E-state index is 5.42. The molecular weight excluding hydrogens is 449 g/mol. The highest BCUT2D eigenvalue weighted by atomic mass is 127. The van der Waals surface area contributed by atoms with E-state index in [2.05, 4.69) is 38.5 Å². The summed E-state index contributed by atoms with van der Waals surface area (Å²) >= 11 is 3.50. The van der Waals surface area contributed by atoms with Crippen molar-refractivity contribution in [2.24, 2.45) is 4.99 Å².